The summed E-state index contributed by atoms with van der Waals surface area (Å²) < 4.78 is 32.9. The molecule has 172 valence electrons. The van der Waals surface area contributed by atoms with Crippen LogP contribution in [0.25, 0.3) is 0 Å². The molecule has 0 aromatic heterocycles. The molecule has 0 bridgehead atoms. The number of hydrogen-bond acceptors (Lipinski definition) is 5. The summed E-state index contributed by atoms with van der Waals surface area (Å²) in [6.07, 6.45) is 4.78. The number of nitrogens with zero attached hydrogens (tertiary/aromatic N) is 1. The summed E-state index contributed by atoms with van der Waals surface area (Å²) in [6.45, 7) is 3.71. The molecule has 0 saturated carbocycles. The normalized spacial score (nSPS) is 14.9. The predicted molar refractivity (Wildman–Crippen MR) is 130 cm³/mol. The summed E-state index contributed by atoms with van der Waals surface area (Å²) in [7, 11) is -3.51. The molecule has 3 rings (SSSR count). The van der Waals surface area contributed by atoms with Crippen molar-refractivity contribution >= 4 is 38.9 Å². The van der Waals surface area contributed by atoms with E-state index in [-0.39, 0.29) is 15.9 Å². The van der Waals surface area contributed by atoms with E-state index >= 15 is 0 Å². The molecule has 0 unspecified atom stereocenters. The standard InChI is InChI=1S/C23H29N3O4S2/c1-2-16-30-20-9-7-8-18(17-20)22(27)25-23(31)24-19-10-12-21(13-11-19)32(28,29)26-14-5-3-4-6-15-26/h7-13,17H,2-6,14-16H2,1H3,(H2,24,25,27,31). The van der Waals surface area contributed by atoms with Crippen molar-refractivity contribution in [2.75, 3.05) is 25.0 Å². The van der Waals surface area contributed by atoms with Crippen LogP contribution in [0.4, 0.5) is 5.69 Å². The molecule has 1 heterocycles. The number of anilines is 1. The van der Waals surface area contributed by atoms with Crippen LogP contribution >= 0.6 is 12.2 Å². The molecule has 1 aliphatic heterocycles. The average molecular weight is 476 g/mol. The van der Waals surface area contributed by atoms with Crippen LogP contribution in [-0.2, 0) is 10.0 Å². The quantitative estimate of drug-likeness (QED) is 0.585. The lowest BCUT2D eigenvalue weighted by Crippen LogP contribution is -2.34. The Labute approximate surface area is 195 Å². The van der Waals surface area contributed by atoms with Crippen molar-refractivity contribution in [1.29, 1.82) is 0 Å². The summed E-state index contributed by atoms with van der Waals surface area (Å²) in [5, 5.41) is 5.67. The predicted octanol–water partition coefficient (Wildman–Crippen LogP) is 4.17. The second-order valence-electron chi connectivity index (χ2n) is 7.63. The molecule has 1 fully saturated rings. The van der Waals surface area contributed by atoms with Gasteiger partial charge in [-0.1, -0.05) is 25.8 Å². The molecule has 2 aromatic carbocycles. The van der Waals surface area contributed by atoms with Gasteiger partial charge in [0.2, 0.25) is 10.0 Å². The van der Waals surface area contributed by atoms with Crippen molar-refractivity contribution in [2.24, 2.45) is 0 Å². The SMILES string of the molecule is CCCOc1cccc(C(=O)NC(=S)Nc2ccc(S(=O)(=O)N3CCCCCC3)cc2)c1. The van der Waals surface area contributed by atoms with Crippen molar-refractivity contribution in [2.45, 2.75) is 43.9 Å². The number of thiocarbonyl (C=S) groups is 1. The van der Waals surface area contributed by atoms with Gasteiger partial charge >= 0.3 is 0 Å². The first-order valence-electron chi connectivity index (χ1n) is 10.9. The van der Waals surface area contributed by atoms with E-state index in [1.165, 1.54) is 0 Å². The van der Waals surface area contributed by atoms with E-state index in [1.54, 1.807) is 52.8 Å². The van der Waals surface area contributed by atoms with Crippen LogP contribution in [-0.4, -0.2) is 43.4 Å². The van der Waals surface area contributed by atoms with E-state index in [9.17, 15) is 13.2 Å². The van der Waals surface area contributed by atoms with Crippen molar-refractivity contribution in [3.63, 3.8) is 0 Å². The van der Waals surface area contributed by atoms with Gasteiger partial charge < -0.3 is 10.1 Å². The molecule has 0 radical (unpaired) electrons. The van der Waals surface area contributed by atoms with Crippen LogP contribution in [0.15, 0.2) is 53.4 Å². The minimum absolute atomic E-state index is 0.123. The Bertz CT molecular complexity index is 1030. The van der Waals surface area contributed by atoms with Crippen molar-refractivity contribution < 1.29 is 17.9 Å². The summed E-state index contributed by atoms with van der Waals surface area (Å²) in [6, 6.07) is 13.3. The molecular formula is C23H29N3O4S2. The zero-order chi connectivity index (χ0) is 23.0. The number of rotatable bonds is 7. The fraction of sp³-hybridized carbons (Fsp3) is 0.391. The number of sulfonamides is 1. The second kappa shape index (κ2) is 11.4. The molecule has 9 heteroatoms. The van der Waals surface area contributed by atoms with Crippen LogP contribution < -0.4 is 15.4 Å². The van der Waals surface area contributed by atoms with E-state index in [0.29, 0.717) is 36.7 Å². The molecule has 0 spiro atoms. The smallest absolute Gasteiger partial charge is 0.257 e. The average Bonchev–Trinajstić information content (AvgIpc) is 3.08. The number of nitrogens with one attached hydrogen (secondary N) is 2. The van der Waals surface area contributed by atoms with Crippen LogP contribution in [0.5, 0.6) is 5.75 Å². The fourth-order valence-electron chi connectivity index (χ4n) is 3.43. The largest absolute Gasteiger partial charge is 0.494 e. The molecule has 0 aliphatic carbocycles. The molecule has 2 aromatic rings. The number of ether oxygens (including phenoxy) is 1. The Kier molecular flexibility index (Phi) is 8.60. The zero-order valence-corrected chi connectivity index (χ0v) is 19.8. The monoisotopic (exact) mass is 475 g/mol. The number of hydrogen-bond donors (Lipinski definition) is 2. The molecule has 1 amide bonds. The highest BCUT2D eigenvalue weighted by Crippen LogP contribution is 2.22. The van der Waals surface area contributed by atoms with Crippen molar-refractivity contribution in [3.05, 3.63) is 54.1 Å². The maximum atomic E-state index is 12.9. The van der Waals surface area contributed by atoms with Crippen molar-refractivity contribution in [1.82, 2.24) is 9.62 Å². The lowest BCUT2D eigenvalue weighted by atomic mass is 10.2. The maximum Gasteiger partial charge on any atom is 0.257 e. The van der Waals surface area contributed by atoms with Crippen LogP contribution in [0.1, 0.15) is 49.4 Å². The van der Waals surface area contributed by atoms with Crippen LogP contribution in [0.2, 0.25) is 0 Å². The van der Waals surface area contributed by atoms with Gasteiger partial charge in [-0.15, -0.1) is 0 Å². The highest BCUT2D eigenvalue weighted by atomic mass is 32.2. The Hall–Kier alpha value is -2.49. The van der Waals surface area contributed by atoms with Gasteiger partial charge in [0.25, 0.3) is 5.91 Å². The molecule has 7 nitrogen and oxygen atoms in total. The molecule has 0 atom stereocenters. The Balaban J connectivity index is 1.59. The highest BCUT2D eigenvalue weighted by Gasteiger charge is 2.25. The third-order valence-corrected chi connectivity index (χ3v) is 7.23. The third-order valence-electron chi connectivity index (χ3n) is 5.11. The first-order chi connectivity index (χ1) is 15.4. The van der Waals surface area contributed by atoms with Gasteiger partial charge in [-0.05, 0) is 73.9 Å². The number of carbonyl (C=O) groups is 1. The van der Waals surface area contributed by atoms with Gasteiger partial charge in [-0.2, -0.15) is 4.31 Å². The summed E-state index contributed by atoms with van der Waals surface area (Å²) in [5.74, 6) is 0.268. The minimum atomic E-state index is -3.51. The topological polar surface area (TPSA) is 87.7 Å². The van der Waals surface area contributed by atoms with Crippen LogP contribution in [0.3, 0.4) is 0 Å². The Morgan fingerprint density at radius 1 is 1.06 bits per heavy atom. The third kappa shape index (κ3) is 6.51. The minimum Gasteiger partial charge on any atom is -0.494 e. The molecule has 1 saturated heterocycles. The maximum absolute atomic E-state index is 12.9. The lowest BCUT2D eigenvalue weighted by molar-refractivity contribution is 0.0977. The van der Waals surface area contributed by atoms with Gasteiger partial charge in [-0.3, -0.25) is 10.1 Å². The van der Waals surface area contributed by atoms with E-state index in [1.807, 2.05) is 6.92 Å². The zero-order valence-electron chi connectivity index (χ0n) is 18.2. The fourth-order valence-corrected chi connectivity index (χ4v) is 5.15. The van der Waals surface area contributed by atoms with Gasteiger partial charge in [0.1, 0.15) is 5.75 Å². The van der Waals surface area contributed by atoms with Crippen LogP contribution in [0, 0.1) is 0 Å². The Morgan fingerprint density at radius 2 is 1.75 bits per heavy atom. The molecule has 1 aliphatic rings. The lowest BCUT2D eigenvalue weighted by Gasteiger charge is -2.20. The van der Waals surface area contributed by atoms with E-state index in [0.717, 1.165) is 32.1 Å². The first kappa shape index (κ1) is 24.2. The van der Waals surface area contributed by atoms with E-state index in [2.05, 4.69) is 10.6 Å². The molecule has 2 N–H and O–H groups in total. The van der Waals surface area contributed by atoms with Gasteiger partial charge in [-0.25, -0.2) is 8.42 Å². The Morgan fingerprint density at radius 3 is 2.41 bits per heavy atom. The van der Waals surface area contributed by atoms with E-state index in [4.69, 9.17) is 17.0 Å². The number of amides is 1. The summed E-state index contributed by atoms with van der Waals surface area (Å²) >= 11 is 5.24. The molecular weight excluding hydrogens is 446 g/mol. The summed E-state index contributed by atoms with van der Waals surface area (Å²) in [5.41, 5.74) is 1.02. The number of benzene rings is 2. The van der Waals surface area contributed by atoms with E-state index < -0.39 is 10.0 Å². The van der Waals surface area contributed by atoms with Crippen molar-refractivity contribution in [3.8, 4) is 5.75 Å². The highest BCUT2D eigenvalue weighted by molar-refractivity contribution is 7.89. The van der Waals surface area contributed by atoms with Gasteiger partial charge in [0, 0.05) is 24.3 Å². The number of carbonyl (C=O) groups excluding carboxylic acids is 1. The first-order valence-corrected chi connectivity index (χ1v) is 12.7. The second-order valence-corrected chi connectivity index (χ2v) is 9.97. The van der Waals surface area contributed by atoms with Gasteiger partial charge in [0.15, 0.2) is 5.11 Å². The molecule has 32 heavy (non-hydrogen) atoms. The van der Waals surface area contributed by atoms with Gasteiger partial charge in [0.05, 0.1) is 11.5 Å². The summed E-state index contributed by atoms with van der Waals surface area (Å²) in [4.78, 5) is 12.7.